The molecule has 1 aliphatic rings. The van der Waals surface area contributed by atoms with Crippen LogP contribution in [0.15, 0.2) is 34.9 Å². The van der Waals surface area contributed by atoms with Gasteiger partial charge < -0.3 is 15.0 Å². The smallest absolute Gasteiger partial charge is 0.255 e. The van der Waals surface area contributed by atoms with Gasteiger partial charge in [-0.1, -0.05) is 17.7 Å². The molecule has 2 aromatic rings. The first-order chi connectivity index (χ1) is 12.5. The van der Waals surface area contributed by atoms with Gasteiger partial charge in [-0.3, -0.25) is 4.79 Å². The van der Waals surface area contributed by atoms with Crippen molar-refractivity contribution in [1.29, 1.82) is 0 Å². The van der Waals surface area contributed by atoms with E-state index in [1.165, 1.54) is 12.3 Å². The summed E-state index contributed by atoms with van der Waals surface area (Å²) < 4.78 is 18.9. The van der Waals surface area contributed by atoms with Gasteiger partial charge in [0.25, 0.3) is 5.91 Å². The van der Waals surface area contributed by atoms with Crippen LogP contribution in [0.3, 0.4) is 0 Å². The molecule has 1 aromatic heterocycles. The topological polar surface area (TPSA) is 54.5 Å². The summed E-state index contributed by atoms with van der Waals surface area (Å²) in [6, 6.07) is 6.54. The molecule has 5 nitrogen and oxygen atoms in total. The Kier molecular flexibility index (Phi) is 6.45. The standard InChI is InChI=1S/C18H18BrClFN3O2/c19-14-9-12(1-2-16(14)21)3-4-22-17-15(20)10-13(11-23-17)18(25)24-5-7-26-8-6-24/h1-2,9-11H,3-8H2,(H,22,23). The fraction of sp³-hybridized carbons (Fsp3) is 0.333. The number of rotatable bonds is 5. The summed E-state index contributed by atoms with van der Waals surface area (Å²) in [6.07, 6.45) is 2.21. The van der Waals surface area contributed by atoms with Crippen LogP contribution in [0.2, 0.25) is 5.02 Å². The number of halogens is 3. The summed E-state index contributed by atoms with van der Waals surface area (Å²) in [6.45, 7) is 2.83. The SMILES string of the molecule is O=C(c1cnc(NCCc2ccc(F)c(Br)c2)c(Cl)c1)N1CCOCC1. The zero-order chi connectivity index (χ0) is 18.5. The lowest BCUT2D eigenvalue weighted by Gasteiger charge is -2.26. The zero-order valence-corrected chi connectivity index (χ0v) is 16.3. The summed E-state index contributed by atoms with van der Waals surface area (Å²) in [7, 11) is 0. The number of amides is 1. The third kappa shape index (κ3) is 4.72. The van der Waals surface area contributed by atoms with Crippen molar-refractivity contribution in [1.82, 2.24) is 9.88 Å². The molecule has 26 heavy (non-hydrogen) atoms. The van der Waals surface area contributed by atoms with Crippen LogP contribution in [0.1, 0.15) is 15.9 Å². The molecule has 1 N–H and O–H groups in total. The normalized spacial score (nSPS) is 14.3. The number of pyridine rings is 1. The number of aromatic nitrogens is 1. The number of anilines is 1. The van der Waals surface area contributed by atoms with E-state index in [-0.39, 0.29) is 11.7 Å². The number of ether oxygens (including phenoxy) is 1. The highest BCUT2D eigenvalue weighted by molar-refractivity contribution is 9.10. The molecule has 3 rings (SSSR count). The second-order valence-electron chi connectivity index (χ2n) is 5.88. The first-order valence-electron chi connectivity index (χ1n) is 8.25. The Morgan fingerprint density at radius 1 is 1.35 bits per heavy atom. The number of morpholine rings is 1. The predicted molar refractivity (Wildman–Crippen MR) is 102 cm³/mol. The summed E-state index contributed by atoms with van der Waals surface area (Å²) in [5.74, 6) is 0.142. The molecule has 0 saturated carbocycles. The molecule has 1 aliphatic heterocycles. The van der Waals surface area contributed by atoms with Crippen LogP contribution in [0.5, 0.6) is 0 Å². The second-order valence-corrected chi connectivity index (χ2v) is 7.15. The average molecular weight is 443 g/mol. The number of carbonyl (C=O) groups is 1. The van der Waals surface area contributed by atoms with Gasteiger partial charge in [-0.15, -0.1) is 0 Å². The van der Waals surface area contributed by atoms with Gasteiger partial charge in [0.15, 0.2) is 0 Å². The molecular weight excluding hydrogens is 425 g/mol. The van der Waals surface area contributed by atoms with Gasteiger partial charge in [-0.05, 0) is 46.1 Å². The summed E-state index contributed by atoms with van der Waals surface area (Å²) in [4.78, 5) is 18.4. The van der Waals surface area contributed by atoms with Crippen molar-refractivity contribution in [2.45, 2.75) is 6.42 Å². The number of nitrogens with one attached hydrogen (secondary N) is 1. The molecule has 1 fully saturated rings. The Labute approximate surface area is 164 Å². The lowest BCUT2D eigenvalue weighted by molar-refractivity contribution is 0.0302. The van der Waals surface area contributed by atoms with E-state index < -0.39 is 0 Å². The maximum absolute atomic E-state index is 13.2. The molecule has 2 heterocycles. The molecule has 1 amide bonds. The molecule has 0 aliphatic carbocycles. The number of nitrogens with zero attached hydrogens (tertiary/aromatic N) is 2. The van der Waals surface area contributed by atoms with Gasteiger partial charge in [-0.25, -0.2) is 9.37 Å². The molecule has 0 unspecified atom stereocenters. The summed E-state index contributed by atoms with van der Waals surface area (Å²) in [5.41, 5.74) is 1.45. The van der Waals surface area contributed by atoms with E-state index in [1.54, 1.807) is 23.1 Å². The minimum absolute atomic E-state index is 0.0922. The van der Waals surface area contributed by atoms with Gasteiger partial charge >= 0.3 is 0 Å². The third-order valence-corrected chi connectivity index (χ3v) is 4.97. The molecule has 0 spiro atoms. The molecular formula is C18H18BrClFN3O2. The van der Waals surface area contributed by atoms with Gasteiger partial charge in [-0.2, -0.15) is 0 Å². The van der Waals surface area contributed by atoms with E-state index in [1.807, 2.05) is 0 Å². The fourth-order valence-electron chi connectivity index (χ4n) is 2.65. The highest BCUT2D eigenvalue weighted by atomic mass is 79.9. The number of hydrogen-bond donors (Lipinski definition) is 1. The molecule has 0 atom stereocenters. The van der Waals surface area contributed by atoms with Crippen molar-refractivity contribution in [2.24, 2.45) is 0 Å². The Morgan fingerprint density at radius 2 is 2.12 bits per heavy atom. The van der Waals surface area contributed by atoms with Gasteiger partial charge in [0.1, 0.15) is 11.6 Å². The zero-order valence-electron chi connectivity index (χ0n) is 14.0. The van der Waals surface area contributed by atoms with E-state index in [0.29, 0.717) is 60.1 Å². The van der Waals surface area contributed by atoms with Crippen LogP contribution in [0.4, 0.5) is 10.2 Å². The Morgan fingerprint density at radius 3 is 2.81 bits per heavy atom. The molecule has 0 bridgehead atoms. The van der Waals surface area contributed by atoms with Crippen molar-refractivity contribution in [3.8, 4) is 0 Å². The van der Waals surface area contributed by atoms with Crippen LogP contribution >= 0.6 is 27.5 Å². The lowest BCUT2D eigenvalue weighted by Crippen LogP contribution is -2.40. The van der Waals surface area contributed by atoms with Gasteiger partial charge in [0, 0.05) is 25.8 Å². The van der Waals surface area contributed by atoms with E-state index >= 15 is 0 Å². The molecule has 0 radical (unpaired) electrons. The predicted octanol–water partition coefficient (Wildman–Crippen LogP) is 3.76. The number of benzene rings is 1. The van der Waals surface area contributed by atoms with Crippen LogP contribution in [-0.2, 0) is 11.2 Å². The minimum atomic E-state index is -0.285. The molecule has 8 heteroatoms. The minimum Gasteiger partial charge on any atom is -0.378 e. The Balaban J connectivity index is 1.58. The van der Waals surface area contributed by atoms with E-state index in [0.717, 1.165) is 5.56 Å². The fourth-order valence-corrected chi connectivity index (χ4v) is 3.31. The number of hydrogen-bond acceptors (Lipinski definition) is 4. The van der Waals surface area contributed by atoms with E-state index in [9.17, 15) is 9.18 Å². The number of carbonyl (C=O) groups excluding carboxylic acids is 1. The van der Waals surface area contributed by atoms with Crippen molar-refractivity contribution in [2.75, 3.05) is 38.2 Å². The first kappa shape index (κ1) is 19.1. The Hall–Kier alpha value is -1.70. The maximum Gasteiger partial charge on any atom is 0.255 e. The van der Waals surface area contributed by atoms with Gasteiger partial charge in [0.2, 0.25) is 0 Å². The van der Waals surface area contributed by atoms with Crippen molar-refractivity contribution in [3.05, 3.63) is 56.9 Å². The van der Waals surface area contributed by atoms with E-state index in [4.69, 9.17) is 16.3 Å². The maximum atomic E-state index is 13.2. The monoisotopic (exact) mass is 441 g/mol. The lowest BCUT2D eigenvalue weighted by atomic mass is 10.1. The summed E-state index contributed by atoms with van der Waals surface area (Å²) in [5, 5.41) is 3.54. The van der Waals surface area contributed by atoms with Crippen molar-refractivity contribution in [3.63, 3.8) is 0 Å². The van der Waals surface area contributed by atoms with Crippen LogP contribution in [-0.4, -0.2) is 48.6 Å². The third-order valence-electron chi connectivity index (χ3n) is 4.08. The largest absolute Gasteiger partial charge is 0.378 e. The van der Waals surface area contributed by atoms with Gasteiger partial charge in [0.05, 0.1) is 28.3 Å². The Bertz CT molecular complexity index is 800. The van der Waals surface area contributed by atoms with Crippen LogP contribution in [0.25, 0.3) is 0 Å². The highest BCUT2D eigenvalue weighted by Crippen LogP contribution is 2.22. The average Bonchev–Trinajstić information content (AvgIpc) is 2.66. The van der Waals surface area contributed by atoms with Crippen LogP contribution < -0.4 is 5.32 Å². The highest BCUT2D eigenvalue weighted by Gasteiger charge is 2.19. The molecule has 138 valence electrons. The second kappa shape index (κ2) is 8.79. The van der Waals surface area contributed by atoms with Crippen molar-refractivity contribution >= 4 is 39.3 Å². The summed E-state index contributed by atoms with van der Waals surface area (Å²) >= 11 is 9.44. The van der Waals surface area contributed by atoms with Crippen LogP contribution in [0, 0.1) is 5.82 Å². The molecule has 1 aromatic carbocycles. The van der Waals surface area contributed by atoms with Crippen molar-refractivity contribution < 1.29 is 13.9 Å². The molecule has 1 saturated heterocycles. The van der Waals surface area contributed by atoms with E-state index in [2.05, 4.69) is 26.2 Å². The quantitative estimate of drug-likeness (QED) is 0.766. The first-order valence-corrected chi connectivity index (χ1v) is 9.42.